The Bertz CT molecular complexity index is 2600. The molecule has 9 nitrogen and oxygen atoms in total. The van der Waals surface area contributed by atoms with Gasteiger partial charge in [0.05, 0.1) is 18.8 Å². The Balaban J connectivity index is 1.51. The Hall–Kier alpha value is -5.35. The Morgan fingerprint density at radius 1 is 0.580 bits per heavy atom. The molecule has 0 fully saturated rings. The molecule has 6 aromatic rings. The molecule has 1 atom stereocenters. The average molecular weight is 967 g/mol. The Morgan fingerprint density at radius 2 is 1.10 bits per heavy atom. The van der Waals surface area contributed by atoms with Crippen LogP contribution in [0.25, 0.3) is 5.57 Å². The summed E-state index contributed by atoms with van der Waals surface area (Å²) in [7, 11) is -0.794. The molecule has 69 heavy (non-hydrogen) atoms. The topological polar surface area (TPSA) is 94.1 Å². The molecule has 11 heteroatoms. The van der Waals surface area contributed by atoms with Crippen molar-refractivity contribution in [2.24, 2.45) is 0 Å². The molecule has 364 valence electrons. The maximum absolute atomic E-state index is 14.1. The van der Waals surface area contributed by atoms with Crippen molar-refractivity contribution in [2.45, 2.75) is 95.9 Å². The second-order valence-electron chi connectivity index (χ2n) is 20.1. The highest BCUT2D eigenvalue weighted by Crippen LogP contribution is 2.65. The first-order chi connectivity index (χ1) is 33.0. The number of methoxy groups -OCH3 is 3. The van der Waals surface area contributed by atoms with Gasteiger partial charge in [-0.15, -0.1) is 0 Å². The van der Waals surface area contributed by atoms with E-state index in [2.05, 4.69) is 103 Å². The Labute approximate surface area is 412 Å². The summed E-state index contributed by atoms with van der Waals surface area (Å²) in [5.41, 5.74) is 2.90. The van der Waals surface area contributed by atoms with Crippen LogP contribution in [0, 0.1) is 0 Å². The van der Waals surface area contributed by atoms with Crippen molar-refractivity contribution in [3.8, 4) is 17.2 Å². The highest BCUT2D eigenvalue weighted by Gasteiger charge is 2.69. The lowest BCUT2D eigenvalue weighted by molar-refractivity contribution is -0.321. The molecule has 0 amide bonds. The van der Waals surface area contributed by atoms with E-state index in [-0.39, 0.29) is 36.7 Å². The van der Waals surface area contributed by atoms with E-state index >= 15 is 0 Å². The normalized spacial score (nSPS) is 16.1. The van der Waals surface area contributed by atoms with E-state index in [4.69, 9.17) is 37.3 Å². The van der Waals surface area contributed by atoms with Crippen LogP contribution >= 0.6 is 0 Å². The summed E-state index contributed by atoms with van der Waals surface area (Å²) in [6.45, 7) is 18.6. The second kappa shape index (κ2) is 21.3. The van der Waals surface area contributed by atoms with Gasteiger partial charge in [0.1, 0.15) is 30.5 Å². The van der Waals surface area contributed by atoms with E-state index in [1.54, 1.807) is 21.3 Å². The minimum atomic E-state index is -3.15. The van der Waals surface area contributed by atoms with Gasteiger partial charge in [-0.1, -0.05) is 181 Å². The van der Waals surface area contributed by atoms with E-state index < -0.39 is 28.0 Å². The quantitative estimate of drug-likeness (QED) is 0.0559. The van der Waals surface area contributed by atoms with Gasteiger partial charge in [-0.25, -0.2) is 0 Å². The van der Waals surface area contributed by atoms with E-state index in [0.29, 0.717) is 51.7 Å². The molecule has 1 aliphatic carbocycles. The summed E-state index contributed by atoms with van der Waals surface area (Å²) in [5.74, 6) is -0.271. The first-order valence-electron chi connectivity index (χ1n) is 23.7. The van der Waals surface area contributed by atoms with Gasteiger partial charge in [0.25, 0.3) is 8.32 Å². The lowest BCUT2D eigenvalue weighted by Crippen LogP contribution is -2.66. The maximum atomic E-state index is 14.1. The molecule has 0 radical (unpaired) electrons. The summed E-state index contributed by atoms with van der Waals surface area (Å²) in [6, 6.07) is 50.6. The summed E-state index contributed by atoms with van der Waals surface area (Å²) in [5, 5.41) is 15.9. The van der Waals surface area contributed by atoms with E-state index in [0.717, 1.165) is 21.5 Å². The molecule has 0 aliphatic heterocycles. The third-order valence-corrected chi connectivity index (χ3v) is 23.3. The number of hydrogen-bond acceptors (Lipinski definition) is 9. The molecular weight excluding hydrogens is 897 g/mol. The number of benzene rings is 6. The Morgan fingerprint density at radius 3 is 1.59 bits per heavy atom. The summed E-state index contributed by atoms with van der Waals surface area (Å²) >= 11 is 0. The van der Waals surface area contributed by atoms with Crippen LogP contribution in [0.3, 0.4) is 0 Å². The third kappa shape index (κ3) is 10.2. The SMILES string of the molecule is COCOc1cc(CO[Si](c2ccccc2)(c2ccccc2)C(C)(C)C)c(/C(=C\CO[Si](C)(C)C(C)(C)C)C2(O)c3cccc(OCc4ccccc4)c3C2(OC)OC)c(OCc2ccccc2)c1. The number of fused-ring (bicyclic) bond motifs is 1. The van der Waals surface area contributed by atoms with E-state index in [1.807, 2.05) is 109 Å². The summed E-state index contributed by atoms with van der Waals surface area (Å²) < 4.78 is 52.9. The largest absolute Gasteiger partial charge is 0.488 e. The average Bonchev–Trinajstić information content (AvgIpc) is 3.34. The molecule has 0 heterocycles. The third-order valence-electron chi connectivity index (χ3n) is 13.8. The Kier molecular flexibility index (Phi) is 15.9. The van der Waals surface area contributed by atoms with Crippen molar-refractivity contribution < 1.29 is 42.4 Å². The first kappa shape index (κ1) is 51.5. The summed E-state index contributed by atoms with van der Waals surface area (Å²) in [4.78, 5) is 0. The van der Waals surface area contributed by atoms with Crippen LogP contribution in [0.2, 0.25) is 23.2 Å². The summed E-state index contributed by atoms with van der Waals surface area (Å²) in [6.07, 6.45) is 1.97. The van der Waals surface area contributed by atoms with Gasteiger partial charge in [-0.05, 0) is 62.4 Å². The standard InChI is InChI=1S/C58H70O9Si2/c1-55(2,3)68(10,11)66-36-35-49(57(59)50-33-24-34-51(54(50)58(57,61-8)62-9)63-39-43-25-16-12-17-26-43)53-45(37-46(65-42-60-7)38-52(53)64-40-44-27-18-13-19-28-44)41-67-69(56(4,5)6,47-29-20-14-21-30-47)48-31-22-15-23-32-48/h12-35,37-38,59H,36,39-42H2,1-11H3/b49-35+. The van der Waals surface area contributed by atoms with Crippen LogP contribution in [-0.4, -0.2) is 56.5 Å². The fourth-order valence-corrected chi connectivity index (χ4v) is 14.7. The zero-order valence-electron chi connectivity index (χ0n) is 42.3. The number of aliphatic hydroxyl groups is 1. The van der Waals surface area contributed by atoms with Crippen molar-refractivity contribution in [1.82, 2.24) is 0 Å². The number of ether oxygens (including phenoxy) is 6. The molecule has 1 unspecified atom stereocenters. The fraction of sp³-hybridized carbons (Fsp3) is 0.345. The van der Waals surface area contributed by atoms with Gasteiger partial charge in [0.15, 0.2) is 20.7 Å². The monoisotopic (exact) mass is 966 g/mol. The lowest BCUT2D eigenvalue weighted by Gasteiger charge is -2.56. The molecule has 0 saturated heterocycles. The highest BCUT2D eigenvalue weighted by atomic mass is 28.4. The van der Waals surface area contributed by atoms with Gasteiger partial charge in [0, 0.05) is 44.1 Å². The van der Waals surface area contributed by atoms with Crippen molar-refractivity contribution >= 4 is 32.6 Å². The lowest BCUT2D eigenvalue weighted by atomic mass is 9.61. The number of rotatable bonds is 21. The molecule has 1 aliphatic rings. The van der Waals surface area contributed by atoms with Gasteiger partial charge in [-0.2, -0.15) is 0 Å². The molecule has 0 spiro atoms. The predicted octanol–water partition coefficient (Wildman–Crippen LogP) is 11.7. The zero-order valence-corrected chi connectivity index (χ0v) is 44.3. The predicted molar refractivity (Wildman–Crippen MR) is 280 cm³/mol. The van der Waals surface area contributed by atoms with Crippen LogP contribution < -0.4 is 24.6 Å². The smallest absolute Gasteiger partial charge is 0.261 e. The minimum Gasteiger partial charge on any atom is -0.488 e. The van der Waals surface area contributed by atoms with E-state index in [9.17, 15) is 5.11 Å². The van der Waals surface area contributed by atoms with Crippen LogP contribution in [0.1, 0.15) is 74.9 Å². The van der Waals surface area contributed by atoms with Crippen molar-refractivity contribution in [3.63, 3.8) is 0 Å². The van der Waals surface area contributed by atoms with Gasteiger partial charge in [-0.3, -0.25) is 0 Å². The molecule has 0 bridgehead atoms. The molecule has 6 aromatic carbocycles. The minimum absolute atomic E-state index is 0.00490. The molecule has 7 rings (SSSR count). The molecule has 0 aromatic heterocycles. The van der Waals surface area contributed by atoms with Gasteiger partial charge in [0.2, 0.25) is 5.79 Å². The second-order valence-corrected chi connectivity index (χ2v) is 29.2. The fourth-order valence-electron chi connectivity index (χ4n) is 9.28. The van der Waals surface area contributed by atoms with Crippen molar-refractivity contribution in [1.29, 1.82) is 0 Å². The highest BCUT2D eigenvalue weighted by molar-refractivity contribution is 6.99. The van der Waals surface area contributed by atoms with Crippen LogP contribution in [0.15, 0.2) is 158 Å². The molecule has 1 N–H and O–H groups in total. The van der Waals surface area contributed by atoms with Crippen molar-refractivity contribution in [2.75, 3.05) is 34.7 Å². The van der Waals surface area contributed by atoms with Gasteiger partial charge < -0.3 is 42.4 Å². The molecule has 0 saturated carbocycles. The van der Waals surface area contributed by atoms with Crippen LogP contribution in [0.5, 0.6) is 17.2 Å². The van der Waals surface area contributed by atoms with E-state index in [1.165, 1.54) is 0 Å². The number of hydrogen-bond donors (Lipinski definition) is 1. The van der Waals surface area contributed by atoms with Gasteiger partial charge >= 0.3 is 0 Å². The van der Waals surface area contributed by atoms with Crippen LogP contribution in [0.4, 0.5) is 0 Å². The van der Waals surface area contributed by atoms with Crippen LogP contribution in [-0.2, 0) is 54.3 Å². The maximum Gasteiger partial charge on any atom is 0.261 e. The first-order valence-corrected chi connectivity index (χ1v) is 28.5. The zero-order chi connectivity index (χ0) is 49.5. The van der Waals surface area contributed by atoms with Crippen molar-refractivity contribution in [3.05, 3.63) is 191 Å². The molecular formula is C58H70O9Si2.